The number of carbonyl (C=O) groups excluding carboxylic acids is 2. The van der Waals surface area contributed by atoms with Crippen molar-refractivity contribution in [1.82, 2.24) is 15.1 Å². The molecule has 1 aliphatic heterocycles. The largest absolute Gasteiger partial charge is 0.416 e. The molecule has 1 fully saturated rings. The Hall–Kier alpha value is -2.50. The summed E-state index contributed by atoms with van der Waals surface area (Å²) in [4.78, 5) is 29.3. The van der Waals surface area contributed by atoms with Crippen LogP contribution in [0.3, 0.4) is 0 Å². The lowest BCUT2D eigenvalue weighted by Crippen LogP contribution is -2.57. The minimum atomic E-state index is -5.04. The van der Waals surface area contributed by atoms with E-state index in [0.717, 1.165) is 6.54 Å². The fourth-order valence-electron chi connectivity index (χ4n) is 3.50. The number of amides is 3. The van der Waals surface area contributed by atoms with Crippen LogP contribution in [0.4, 0.5) is 36.8 Å². The summed E-state index contributed by atoms with van der Waals surface area (Å²) in [5.74, 6) is -0.644. The van der Waals surface area contributed by atoms with Crippen LogP contribution < -0.4 is 10.6 Å². The Labute approximate surface area is 188 Å². The molecule has 2 atom stereocenters. The summed E-state index contributed by atoms with van der Waals surface area (Å²) in [5.41, 5.74) is -3.77. The fraction of sp³-hybridized carbons (Fsp3) is 0.619. The first-order chi connectivity index (χ1) is 15.3. The molecule has 6 nitrogen and oxygen atoms in total. The number of hydrogen-bond donors (Lipinski definition) is 2. The van der Waals surface area contributed by atoms with Gasteiger partial charge in [-0.05, 0) is 30.7 Å². The van der Waals surface area contributed by atoms with Gasteiger partial charge in [-0.15, -0.1) is 0 Å². The van der Waals surface area contributed by atoms with E-state index in [1.54, 1.807) is 11.8 Å². The third kappa shape index (κ3) is 7.24. The van der Waals surface area contributed by atoms with Gasteiger partial charge in [0.25, 0.3) is 0 Å². The third-order valence-electron chi connectivity index (χ3n) is 5.74. The second-order valence-electron chi connectivity index (χ2n) is 8.02. The molecule has 1 aliphatic rings. The van der Waals surface area contributed by atoms with Gasteiger partial charge in [0.15, 0.2) is 0 Å². The van der Waals surface area contributed by atoms with Gasteiger partial charge in [0.1, 0.15) is 6.04 Å². The second kappa shape index (κ2) is 10.6. The summed E-state index contributed by atoms with van der Waals surface area (Å²) in [6.45, 7) is 8.66. The van der Waals surface area contributed by atoms with Crippen molar-refractivity contribution in [1.29, 1.82) is 0 Å². The molecular weight excluding hydrogens is 454 g/mol. The van der Waals surface area contributed by atoms with Gasteiger partial charge in [-0.2, -0.15) is 26.3 Å². The van der Waals surface area contributed by atoms with Crippen LogP contribution >= 0.6 is 0 Å². The van der Waals surface area contributed by atoms with Crippen molar-refractivity contribution in [2.75, 3.05) is 38.0 Å². The van der Waals surface area contributed by atoms with Crippen LogP contribution in [0.1, 0.15) is 38.3 Å². The van der Waals surface area contributed by atoms with E-state index in [1.807, 2.05) is 19.2 Å². The maximum absolute atomic E-state index is 13.1. The molecule has 0 spiro atoms. The number of nitrogens with one attached hydrogen (secondary N) is 2. The summed E-state index contributed by atoms with van der Waals surface area (Å²) in [6, 6.07) is -1.23. The molecule has 2 rings (SSSR count). The fourth-order valence-corrected chi connectivity index (χ4v) is 3.50. The first kappa shape index (κ1) is 26.7. The Balaban J connectivity index is 2.19. The number of likely N-dealkylation sites (N-methyl/N-ethyl adjacent to an activating group) is 1. The molecule has 1 aromatic carbocycles. The number of alkyl halides is 6. The van der Waals surface area contributed by atoms with E-state index in [0.29, 0.717) is 44.7 Å². The van der Waals surface area contributed by atoms with Crippen molar-refractivity contribution in [3.8, 4) is 0 Å². The molecule has 0 bridgehead atoms. The minimum Gasteiger partial charge on any atom is -0.338 e. The van der Waals surface area contributed by atoms with Gasteiger partial charge in [-0.1, -0.05) is 27.2 Å². The van der Waals surface area contributed by atoms with Crippen molar-refractivity contribution in [3.63, 3.8) is 0 Å². The van der Waals surface area contributed by atoms with E-state index in [-0.39, 0.29) is 17.9 Å². The number of carbonyl (C=O) groups is 2. The number of benzene rings is 1. The summed E-state index contributed by atoms with van der Waals surface area (Å²) in [5, 5.41) is 4.46. The van der Waals surface area contributed by atoms with Crippen LogP contribution in [0.5, 0.6) is 0 Å². The van der Waals surface area contributed by atoms with Gasteiger partial charge >= 0.3 is 18.4 Å². The third-order valence-corrected chi connectivity index (χ3v) is 5.74. The molecule has 33 heavy (non-hydrogen) atoms. The van der Waals surface area contributed by atoms with Gasteiger partial charge in [-0.3, -0.25) is 4.79 Å². The first-order valence-corrected chi connectivity index (χ1v) is 10.6. The molecule has 0 saturated carbocycles. The van der Waals surface area contributed by atoms with Crippen molar-refractivity contribution in [3.05, 3.63) is 29.3 Å². The zero-order valence-electron chi connectivity index (χ0n) is 18.6. The van der Waals surface area contributed by atoms with Crippen molar-refractivity contribution in [2.45, 2.75) is 45.6 Å². The lowest BCUT2D eigenvalue weighted by atomic mass is 9.97. The van der Waals surface area contributed by atoms with E-state index in [1.165, 1.54) is 0 Å². The molecule has 12 heteroatoms. The van der Waals surface area contributed by atoms with Crippen molar-refractivity contribution in [2.24, 2.45) is 5.92 Å². The highest BCUT2D eigenvalue weighted by molar-refractivity contribution is 5.94. The van der Waals surface area contributed by atoms with Gasteiger partial charge in [0, 0.05) is 31.9 Å². The SMILES string of the molecule is CCC(C)C(NC(=O)Nc1cc(C(F)(F)F)cc(C(F)(F)F)c1)C(=O)N1CCN(CC)CC1. The number of anilines is 1. The smallest absolute Gasteiger partial charge is 0.338 e. The molecule has 1 aromatic rings. The standard InChI is InChI=1S/C21H28F6N4O2/c1-4-13(3)17(18(32)31-8-6-30(5-2)7-9-31)29-19(33)28-16-11-14(20(22,23)24)10-15(12-16)21(25,26)27/h10-13,17H,4-9H2,1-3H3,(H2,28,29,33). The molecule has 186 valence electrons. The summed E-state index contributed by atoms with van der Waals surface area (Å²) >= 11 is 0. The number of nitrogens with zero attached hydrogens (tertiary/aromatic N) is 2. The number of urea groups is 1. The lowest BCUT2D eigenvalue weighted by Gasteiger charge is -2.37. The molecule has 2 unspecified atom stereocenters. The zero-order chi connectivity index (χ0) is 25.0. The van der Waals surface area contributed by atoms with Crippen LogP contribution in [0.25, 0.3) is 0 Å². The molecule has 1 heterocycles. The maximum Gasteiger partial charge on any atom is 0.416 e. The quantitative estimate of drug-likeness (QED) is 0.590. The average Bonchev–Trinajstić information content (AvgIpc) is 2.75. The van der Waals surface area contributed by atoms with E-state index in [4.69, 9.17) is 0 Å². The predicted octanol–water partition coefficient (Wildman–Crippen LogP) is 4.42. The van der Waals surface area contributed by atoms with Gasteiger partial charge < -0.3 is 20.4 Å². The van der Waals surface area contributed by atoms with Gasteiger partial charge in [0.05, 0.1) is 11.1 Å². The summed E-state index contributed by atoms with van der Waals surface area (Å²) < 4.78 is 78.3. The van der Waals surface area contributed by atoms with Crippen LogP contribution in [-0.4, -0.2) is 60.5 Å². The van der Waals surface area contributed by atoms with Crippen molar-refractivity contribution >= 4 is 17.6 Å². The topological polar surface area (TPSA) is 64.7 Å². The highest BCUT2D eigenvalue weighted by Gasteiger charge is 2.37. The highest BCUT2D eigenvalue weighted by Crippen LogP contribution is 2.37. The lowest BCUT2D eigenvalue weighted by molar-refractivity contribution is -0.143. The number of piperazine rings is 1. The number of rotatable bonds is 6. The second-order valence-corrected chi connectivity index (χ2v) is 8.02. The zero-order valence-corrected chi connectivity index (χ0v) is 18.6. The van der Waals surface area contributed by atoms with Gasteiger partial charge in [0.2, 0.25) is 5.91 Å². The molecule has 3 amide bonds. The van der Waals surface area contributed by atoms with Crippen LogP contribution in [0.15, 0.2) is 18.2 Å². The Morgan fingerprint density at radius 1 is 0.939 bits per heavy atom. The summed E-state index contributed by atoms with van der Waals surface area (Å²) in [6.07, 6.45) is -9.55. The average molecular weight is 482 g/mol. The van der Waals surface area contributed by atoms with Crippen LogP contribution in [-0.2, 0) is 17.1 Å². The number of halogens is 6. The monoisotopic (exact) mass is 482 g/mol. The predicted molar refractivity (Wildman–Crippen MR) is 111 cm³/mol. The molecule has 0 aliphatic carbocycles. The Morgan fingerprint density at radius 2 is 1.45 bits per heavy atom. The Morgan fingerprint density at radius 3 is 1.88 bits per heavy atom. The Bertz CT molecular complexity index is 803. The molecule has 0 aromatic heterocycles. The molecular formula is C21H28F6N4O2. The van der Waals surface area contributed by atoms with E-state index in [9.17, 15) is 35.9 Å². The first-order valence-electron chi connectivity index (χ1n) is 10.6. The van der Waals surface area contributed by atoms with E-state index < -0.39 is 41.2 Å². The van der Waals surface area contributed by atoms with Crippen LogP contribution in [0, 0.1) is 5.92 Å². The van der Waals surface area contributed by atoms with E-state index in [2.05, 4.69) is 10.2 Å². The van der Waals surface area contributed by atoms with E-state index >= 15 is 0 Å². The minimum absolute atomic E-state index is 0.0233. The molecule has 1 saturated heterocycles. The van der Waals surface area contributed by atoms with Crippen molar-refractivity contribution < 1.29 is 35.9 Å². The molecule has 2 N–H and O–H groups in total. The normalized spacial score (nSPS) is 17.4. The highest BCUT2D eigenvalue weighted by atomic mass is 19.4. The number of hydrogen-bond acceptors (Lipinski definition) is 3. The van der Waals surface area contributed by atoms with Crippen LogP contribution in [0.2, 0.25) is 0 Å². The molecule has 0 radical (unpaired) electrons. The summed E-state index contributed by atoms with van der Waals surface area (Å²) in [7, 11) is 0. The van der Waals surface area contributed by atoms with Gasteiger partial charge in [-0.25, -0.2) is 4.79 Å². The Kier molecular flexibility index (Phi) is 8.61. The maximum atomic E-state index is 13.1.